The molecule has 0 saturated carbocycles. The van der Waals surface area contributed by atoms with Crippen LogP contribution < -0.4 is 5.73 Å². The van der Waals surface area contributed by atoms with Crippen molar-refractivity contribution in [2.45, 2.75) is 12.0 Å². The molecule has 5 heteroatoms. The van der Waals surface area contributed by atoms with Gasteiger partial charge < -0.3 is 15.7 Å². The first-order chi connectivity index (χ1) is 6.44. The summed E-state index contributed by atoms with van der Waals surface area (Å²) in [6.45, 7) is 3.09. The maximum Gasteiger partial charge on any atom is 0.325 e. The number of likely N-dealkylation sites (N-methyl/N-ethyl adjacent to an activating group) is 1. The molecular formula is C9H19N3O2. The maximum atomic E-state index is 10.8. The summed E-state index contributed by atoms with van der Waals surface area (Å²) < 4.78 is 0. The molecule has 0 aromatic heterocycles. The lowest BCUT2D eigenvalue weighted by Gasteiger charge is -2.21. The molecule has 3 N–H and O–H groups in total. The lowest BCUT2D eigenvalue weighted by molar-refractivity contribution is -0.142. The van der Waals surface area contributed by atoms with E-state index in [4.69, 9.17) is 10.8 Å². The van der Waals surface area contributed by atoms with E-state index in [1.54, 1.807) is 0 Å². The lowest BCUT2D eigenvalue weighted by Crippen LogP contribution is -2.50. The molecule has 0 bridgehead atoms. The van der Waals surface area contributed by atoms with Gasteiger partial charge in [0.1, 0.15) is 5.54 Å². The fraction of sp³-hybridized carbons (Fsp3) is 0.889. The number of nitrogens with zero attached hydrogens (tertiary/aromatic N) is 2. The Morgan fingerprint density at radius 2 is 2.29 bits per heavy atom. The molecule has 0 spiro atoms. The maximum absolute atomic E-state index is 10.8. The molecule has 1 unspecified atom stereocenters. The van der Waals surface area contributed by atoms with Gasteiger partial charge in [-0.1, -0.05) is 0 Å². The normalized spacial score (nSPS) is 28.6. The third kappa shape index (κ3) is 2.67. The molecule has 1 saturated heterocycles. The van der Waals surface area contributed by atoms with Crippen LogP contribution in [0, 0.1) is 0 Å². The van der Waals surface area contributed by atoms with Crippen molar-refractivity contribution in [2.24, 2.45) is 5.73 Å². The number of nitrogens with two attached hydrogens (primary N) is 1. The highest BCUT2D eigenvalue weighted by atomic mass is 16.4. The Kier molecular flexibility index (Phi) is 3.47. The highest BCUT2D eigenvalue weighted by Gasteiger charge is 2.40. The van der Waals surface area contributed by atoms with Crippen molar-refractivity contribution in [1.82, 2.24) is 9.80 Å². The smallest absolute Gasteiger partial charge is 0.325 e. The van der Waals surface area contributed by atoms with Crippen LogP contribution in [0.5, 0.6) is 0 Å². The average molecular weight is 201 g/mol. The van der Waals surface area contributed by atoms with E-state index in [-0.39, 0.29) is 0 Å². The van der Waals surface area contributed by atoms with E-state index in [1.165, 1.54) is 0 Å². The van der Waals surface area contributed by atoms with Crippen LogP contribution >= 0.6 is 0 Å². The van der Waals surface area contributed by atoms with E-state index in [0.29, 0.717) is 13.0 Å². The number of rotatable bonds is 4. The van der Waals surface area contributed by atoms with E-state index in [1.807, 2.05) is 14.1 Å². The Morgan fingerprint density at radius 3 is 2.71 bits per heavy atom. The molecule has 1 atom stereocenters. The Balaban J connectivity index is 2.37. The van der Waals surface area contributed by atoms with Crippen LogP contribution in [0.15, 0.2) is 0 Å². The van der Waals surface area contributed by atoms with Crippen molar-refractivity contribution in [2.75, 3.05) is 40.3 Å². The summed E-state index contributed by atoms with van der Waals surface area (Å²) >= 11 is 0. The zero-order valence-electron chi connectivity index (χ0n) is 8.86. The summed E-state index contributed by atoms with van der Waals surface area (Å²) in [6.07, 6.45) is 0.551. The zero-order chi connectivity index (χ0) is 10.8. The van der Waals surface area contributed by atoms with E-state index in [0.717, 1.165) is 19.6 Å². The summed E-state index contributed by atoms with van der Waals surface area (Å²) in [7, 11) is 4.01. The first-order valence-corrected chi connectivity index (χ1v) is 4.83. The first-order valence-electron chi connectivity index (χ1n) is 4.83. The van der Waals surface area contributed by atoms with Crippen LogP contribution in [0.4, 0.5) is 0 Å². The number of likely N-dealkylation sites (tertiary alicyclic amines) is 1. The minimum atomic E-state index is -1.02. The third-order valence-corrected chi connectivity index (χ3v) is 2.67. The van der Waals surface area contributed by atoms with Gasteiger partial charge in [-0.25, -0.2) is 0 Å². The quantitative estimate of drug-likeness (QED) is 0.613. The standard InChI is InChI=1S/C9H19N3O2/c1-11(2)5-6-12-4-3-9(10,7-12)8(13)14/h3-7,10H2,1-2H3,(H,13,14). The minimum Gasteiger partial charge on any atom is -0.480 e. The van der Waals surface area contributed by atoms with Crippen LogP contribution in [0.3, 0.4) is 0 Å². The van der Waals surface area contributed by atoms with Crippen LogP contribution in [-0.4, -0.2) is 66.7 Å². The van der Waals surface area contributed by atoms with Gasteiger partial charge in [-0.05, 0) is 20.5 Å². The summed E-state index contributed by atoms with van der Waals surface area (Å²) in [5.74, 6) is -0.884. The molecular weight excluding hydrogens is 182 g/mol. The molecule has 1 heterocycles. The van der Waals surface area contributed by atoms with Gasteiger partial charge in [0.25, 0.3) is 0 Å². The highest BCUT2D eigenvalue weighted by molar-refractivity contribution is 5.79. The van der Waals surface area contributed by atoms with Crippen molar-refractivity contribution in [3.8, 4) is 0 Å². The van der Waals surface area contributed by atoms with Gasteiger partial charge in [0.15, 0.2) is 0 Å². The average Bonchev–Trinajstić information content (AvgIpc) is 2.45. The monoisotopic (exact) mass is 201 g/mol. The molecule has 1 aliphatic rings. The molecule has 1 fully saturated rings. The molecule has 0 aromatic carbocycles. The van der Waals surface area contributed by atoms with Crippen LogP contribution in [0.25, 0.3) is 0 Å². The predicted molar refractivity (Wildman–Crippen MR) is 54.2 cm³/mol. The van der Waals surface area contributed by atoms with Gasteiger partial charge in [0.2, 0.25) is 0 Å². The van der Waals surface area contributed by atoms with Gasteiger partial charge in [-0.2, -0.15) is 0 Å². The molecule has 14 heavy (non-hydrogen) atoms. The fourth-order valence-corrected chi connectivity index (χ4v) is 1.62. The summed E-state index contributed by atoms with van der Waals surface area (Å²) in [6, 6.07) is 0. The number of aliphatic carboxylic acids is 1. The molecule has 5 nitrogen and oxygen atoms in total. The van der Waals surface area contributed by atoms with E-state index >= 15 is 0 Å². The topological polar surface area (TPSA) is 69.8 Å². The van der Waals surface area contributed by atoms with Crippen LogP contribution in [-0.2, 0) is 4.79 Å². The second-order valence-electron chi connectivity index (χ2n) is 4.29. The van der Waals surface area contributed by atoms with Crippen LogP contribution in [0.1, 0.15) is 6.42 Å². The van der Waals surface area contributed by atoms with Gasteiger partial charge in [-0.15, -0.1) is 0 Å². The molecule has 0 aromatic rings. The summed E-state index contributed by atoms with van der Waals surface area (Å²) in [5.41, 5.74) is 4.72. The molecule has 0 amide bonds. The van der Waals surface area contributed by atoms with Gasteiger partial charge in [-0.3, -0.25) is 9.69 Å². The number of carbonyl (C=O) groups is 1. The van der Waals surface area contributed by atoms with E-state index in [2.05, 4.69) is 9.80 Å². The number of hydrogen-bond acceptors (Lipinski definition) is 4. The highest BCUT2D eigenvalue weighted by Crippen LogP contribution is 2.18. The first kappa shape index (κ1) is 11.4. The molecule has 82 valence electrons. The number of carboxylic acid groups (broad SMARTS) is 1. The Morgan fingerprint density at radius 1 is 1.64 bits per heavy atom. The van der Waals surface area contributed by atoms with Gasteiger partial charge >= 0.3 is 5.97 Å². The number of hydrogen-bond donors (Lipinski definition) is 2. The Bertz CT molecular complexity index is 220. The second-order valence-corrected chi connectivity index (χ2v) is 4.29. The lowest BCUT2D eigenvalue weighted by atomic mass is 10.0. The van der Waals surface area contributed by atoms with Crippen molar-refractivity contribution in [1.29, 1.82) is 0 Å². The Hall–Kier alpha value is -0.650. The van der Waals surface area contributed by atoms with Crippen molar-refractivity contribution in [3.63, 3.8) is 0 Å². The minimum absolute atomic E-state index is 0.468. The molecule has 0 aliphatic carbocycles. The van der Waals surface area contributed by atoms with Crippen molar-refractivity contribution >= 4 is 5.97 Å². The number of carboxylic acids is 1. The van der Waals surface area contributed by atoms with Gasteiger partial charge in [0.05, 0.1) is 0 Å². The van der Waals surface area contributed by atoms with E-state index < -0.39 is 11.5 Å². The Labute approximate surface area is 84.5 Å². The zero-order valence-corrected chi connectivity index (χ0v) is 8.86. The molecule has 1 rings (SSSR count). The molecule has 1 aliphatic heterocycles. The van der Waals surface area contributed by atoms with Crippen molar-refractivity contribution < 1.29 is 9.90 Å². The SMILES string of the molecule is CN(C)CCN1CCC(N)(C(=O)O)C1. The summed E-state index contributed by atoms with van der Waals surface area (Å²) in [4.78, 5) is 15.0. The van der Waals surface area contributed by atoms with E-state index in [9.17, 15) is 4.79 Å². The molecule has 0 radical (unpaired) electrons. The van der Waals surface area contributed by atoms with Gasteiger partial charge in [0, 0.05) is 26.2 Å². The third-order valence-electron chi connectivity index (χ3n) is 2.67. The summed E-state index contributed by atoms with van der Waals surface area (Å²) in [5, 5.41) is 8.91. The van der Waals surface area contributed by atoms with Crippen LogP contribution in [0.2, 0.25) is 0 Å². The predicted octanol–water partition coefficient (Wildman–Crippen LogP) is -0.964. The van der Waals surface area contributed by atoms with Crippen molar-refractivity contribution in [3.05, 3.63) is 0 Å². The second kappa shape index (κ2) is 4.25. The largest absolute Gasteiger partial charge is 0.480 e. The fourth-order valence-electron chi connectivity index (χ4n) is 1.62.